The molecular weight excluding hydrogens is 480 g/mol. The zero-order valence-corrected chi connectivity index (χ0v) is 22.6. The van der Waals surface area contributed by atoms with Gasteiger partial charge >= 0.3 is 0 Å². The molecule has 0 bridgehead atoms. The topological polar surface area (TPSA) is 67.4 Å². The van der Waals surface area contributed by atoms with Crippen LogP contribution < -0.4 is 10.1 Å². The van der Waals surface area contributed by atoms with E-state index in [0.29, 0.717) is 19.2 Å². The highest BCUT2D eigenvalue weighted by atomic mass is 32.1. The van der Waals surface area contributed by atoms with E-state index in [1.807, 2.05) is 50.6 Å². The number of fused-ring (bicyclic) bond motifs is 1. The van der Waals surface area contributed by atoms with E-state index < -0.39 is 0 Å². The fourth-order valence-electron chi connectivity index (χ4n) is 5.36. The first kappa shape index (κ1) is 25.4. The number of benzene rings is 2. The summed E-state index contributed by atoms with van der Waals surface area (Å²) in [6.45, 7) is 5.13. The normalized spacial score (nSPS) is 17.6. The molecule has 0 unspecified atom stereocenters. The monoisotopic (exact) mass is 514 g/mol. The third-order valence-electron chi connectivity index (χ3n) is 7.44. The smallest absolute Gasteiger partial charge is 0.264 e. The lowest BCUT2D eigenvalue weighted by atomic mass is 9.89. The van der Waals surface area contributed by atoms with Crippen LogP contribution in [-0.2, 0) is 6.54 Å². The van der Waals surface area contributed by atoms with Gasteiger partial charge in [0.25, 0.3) is 5.91 Å². The number of carbonyl (C=O) groups excluding carboxylic acids is 1. The largest absolute Gasteiger partial charge is 0.494 e. The summed E-state index contributed by atoms with van der Waals surface area (Å²) >= 11 is 1.60. The minimum Gasteiger partial charge on any atom is -0.494 e. The number of hydrogen-bond donors (Lipinski definition) is 1. The highest BCUT2D eigenvalue weighted by Crippen LogP contribution is 2.35. The molecule has 0 radical (unpaired) electrons. The van der Waals surface area contributed by atoms with Crippen LogP contribution in [-0.4, -0.2) is 46.5 Å². The Hall–Kier alpha value is -3.29. The lowest BCUT2D eigenvalue weighted by Crippen LogP contribution is -2.44. The maximum absolute atomic E-state index is 14.3. The molecule has 2 aromatic carbocycles. The molecule has 0 spiro atoms. The van der Waals surface area contributed by atoms with E-state index in [1.54, 1.807) is 11.3 Å². The van der Waals surface area contributed by atoms with Crippen molar-refractivity contribution in [2.45, 2.75) is 58.2 Å². The van der Waals surface area contributed by atoms with Gasteiger partial charge in [-0.1, -0.05) is 24.3 Å². The SMILES string of the molecule is CCOc1ccc(-c2cncnc2)cc1CN(C(=O)c1sc2ccccc2c1C)C1CCC(NC)CC1. The Bertz CT molecular complexity index is 1360. The summed E-state index contributed by atoms with van der Waals surface area (Å²) < 4.78 is 7.19. The van der Waals surface area contributed by atoms with Crippen molar-refractivity contribution in [2.24, 2.45) is 0 Å². The predicted molar refractivity (Wildman–Crippen MR) is 150 cm³/mol. The maximum atomic E-state index is 14.3. The lowest BCUT2D eigenvalue weighted by molar-refractivity contribution is 0.0603. The van der Waals surface area contributed by atoms with Gasteiger partial charge in [0, 0.05) is 46.8 Å². The summed E-state index contributed by atoms with van der Waals surface area (Å²) in [6.07, 6.45) is 9.26. The van der Waals surface area contributed by atoms with Crippen LogP contribution in [0.2, 0.25) is 0 Å². The van der Waals surface area contributed by atoms with Gasteiger partial charge < -0.3 is 15.0 Å². The molecule has 7 heteroatoms. The average molecular weight is 515 g/mol. The number of carbonyl (C=O) groups is 1. The molecule has 1 aliphatic rings. The second kappa shape index (κ2) is 11.4. The summed E-state index contributed by atoms with van der Waals surface area (Å²) in [4.78, 5) is 25.6. The van der Waals surface area contributed by atoms with Crippen LogP contribution in [0.5, 0.6) is 5.75 Å². The molecule has 37 heavy (non-hydrogen) atoms. The minimum absolute atomic E-state index is 0.113. The van der Waals surface area contributed by atoms with E-state index in [-0.39, 0.29) is 11.9 Å². The highest BCUT2D eigenvalue weighted by Gasteiger charge is 2.31. The lowest BCUT2D eigenvalue weighted by Gasteiger charge is -2.37. The van der Waals surface area contributed by atoms with Gasteiger partial charge in [-0.3, -0.25) is 4.79 Å². The summed E-state index contributed by atoms with van der Waals surface area (Å²) in [5, 5.41) is 4.58. The van der Waals surface area contributed by atoms with Gasteiger partial charge in [-0.2, -0.15) is 0 Å². The maximum Gasteiger partial charge on any atom is 0.264 e. The molecule has 6 nitrogen and oxygen atoms in total. The van der Waals surface area contributed by atoms with Crippen LogP contribution in [0.1, 0.15) is 53.4 Å². The van der Waals surface area contributed by atoms with E-state index >= 15 is 0 Å². The van der Waals surface area contributed by atoms with E-state index in [4.69, 9.17) is 4.74 Å². The Morgan fingerprint density at radius 2 is 1.84 bits per heavy atom. The van der Waals surface area contributed by atoms with Crippen molar-refractivity contribution in [3.8, 4) is 16.9 Å². The van der Waals surface area contributed by atoms with Crippen LogP contribution >= 0.6 is 11.3 Å². The molecule has 0 saturated heterocycles. The van der Waals surface area contributed by atoms with Crippen LogP contribution in [0, 0.1) is 6.92 Å². The molecule has 1 fully saturated rings. The number of aromatic nitrogens is 2. The predicted octanol–water partition coefficient (Wildman–Crippen LogP) is 6.24. The van der Waals surface area contributed by atoms with Crippen molar-refractivity contribution in [1.82, 2.24) is 20.2 Å². The third-order valence-corrected chi connectivity index (χ3v) is 8.70. The number of nitrogens with zero attached hydrogens (tertiary/aromatic N) is 3. The van der Waals surface area contributed by atoms with Gasteiger partial charge in [0.2, 0.25) is 0 Å². The number of thiophene rings is 1. The van der Waals surface area contributed by atoms with Gasteiger partial charge in [0.1, 0.15) is 12.1 Å². The van der Waals surface area contributed by atoms with Crippen LogP contribution in [0.25, 0.3) is 21.2 Å². The molecule has 4 aromatic rings. The number of nitrogens with one attached hydrogen (secondary N) is 1. The Morgan fingerprint density at radius 3 is 2.54 bits per heavy atom. The minimum atomic E-state index is 0.113. The van der Waals surface area contributed by atoms with E-state index in [1.165, 1.54) is 6.33 Å². The Balaban J connectivity index is 1.53. The standard InChI is InChI=1S/C30H34N4O2S/c1-4-36-27-14-9-21(23-16-32-19-33-17-23)15-22(27)18-34(25-12-10-24(31-3)11-13-25)30(35)29-20(2)26-7-5-6-8-28(26)37-29/h5-9,14-17,19,24-25,31H,4,10-13,18H2,1-3H3. The Kier molecular flexibility index (Phi) is 7.82. The molecule has 2 heterocycles. The van der Waals surface area contributed by atoms with Gasteiger partial charge in [-0.15, -0.1) is 11.3 Å². The van der Waals surface area contributed by atoms with Crippen molar-refractivity contribution < 1.29 is 9.53 Å². The Labute approximate surface area is 222 Å². The fraction of sp³-hybridized carbons (Fsp3) is 0.367. The zero-order chi connectivity index (χ0) is 25.8. The molecule has 0 aliphatic heterocycles. The van der Waals surface area contributed by atoms with Gasteiger partial charge in [-0.05, 0) is 81.3 Å². The van der Waals surface area contributed by atoms with Crippen LogP contribution in [0.15, 0.2) is 61.2 Å². The van der Waals surface area contributed by atoms with Crippen molar-refractivity contribution in [3.05, 3.63) is 77.2 Å². The average Bonchev–Trinajstić information content (AvgIpc) is 3.29. The van der Waals surface area contributed by atoms with E-state index in [9.17, 15) is 4.79 Å². The summed E-state index contributed by atoms with van der Waals surface area (Å²) in [5.74, 6) is 0.931. The van der Waals surface area contributed by atoms with Crippen LogP contribution in [0.3, 0.4) is 0 Å². The van der Waals surface area contributed by atoms with Crippen molar-refractivity contribution in [3.63, 3.8) is 0 Å². The van der Waals surface area contributed by atoms with E-state index in [0.717, 1.165) is 68.6 Å². The molecule has 192 valence electrons. The van der Waals surface area contributed by atoms with Gasteiger partial charge in [0.15, 0.2) is 0 Å². The number of aryl methyl sites for hydroxylation is 1. The number of amides is 1. The molecule has 2 aromatic heterocycles. The fourth-order valence-corrected chi connectivity index (χ4v) is 6.53. The van der Waals surface area contributed by atoms with Crippen molar-refractivity contribution in [2.75, 3.05) is 13.7 Å². The zero-order valence-electron chi connectivity index (χ0n) is 21.7. The molecule has 1 amide bonds. The molecular formula is C30H34N4O2S. The third kappa shape index (κ3) is 5.38. The second-order valence-corrected chi connectivity index (χ2v) is 10.7. The first-order chi connectivity index (χ1) is 18.1. The first-order valence-electron chi connectivity index (χ1n) is 13.1. The van der Waals surface area contributed by atoms with Crippen LogP contribution in [0.4, 0.5) is 0 Å². The van der Waals surface area contributed by atoms with E-state index in [2.05, 4.69) is 45.3 Å². The van der Waals surface area contributed by atoms with Crippen molar-refractivity contribution in [1.29, 1.82) is 0 Å². The first-order valence-corrected chi connectivity index (χ1v) is 13.9. The van der Waals surface area contributed by atoms with Crippen molar-refractivity contribution >= 4 is 27.3 Å². The summed E-state index contributed by atoms with van der Waals surface area (Å²) in [6, 6.07) is 15.2. The molecule has 5 rings (SSSR count). The summed E-state index contributed by atoms with van der Waals surface area (Å²) in [5.41, 5.74) is 4.04. The summed E-state index contributed by atoms with van der Waals surface area (Å²) in [7, 11) is 2.03. The molecule has 1 aliphatic carbocycles. The number of rotatable bonds is 8. The van der Waals surface area contributed by atoms with Gasteiger partial charge in [-0.25, -0.2) is 9.97 Å². The molecule has 1 saturated carbocycles. The molecule has 1 N–H and O–H groups in total. The van der Waals surface area contributed by atoms with Gasteiger partial charge in [0.05, 0.1) is 11.5 Å². The Morgan fingerprint density at radius 1 is 1.08 bits per heavy atom. The number of hydrogen-bond acceptors (Lipinski definition) is 6. The number of ether oxygens (including phenoxy) is 1. The highest BCUT2D eigenvalue weighted by molar-refractivity contribution is 7.21. The second-order valence-electron chi connectivity index (χ2n) is 9.66. The quantitative estimate of drug-likeness (QED) is 0.302. The molecule has 0 atom stereocenters.